The Kier molecular flexibility index (Phi) is 3.16. The lowest BCUT2D eigenvalue weighted by molar-refractivity contribution is 0.411. The predicted octanol–water partition coefficient (Wildman–Crippen LogP) is 1.55. The molecular formula is C13H17N5O. The maximum Gasteiger partial charge on any atom is 0.191 e. The van der Waals surface area contributed by atoms with Crippen molar-refractivity contribution < 1.29 is 4.74 Å². The van der Waals surface area contributed by atoms with Gasteiger partial charge in [-0.05, 0) is 43.0 Å². The summed E-state index contributed by atoms with van der Waals surface area (Å²) >= 11 is 0. The standard InChI is InChI=1S/C13H17N5O/c1-8(13-15-17-18-16-13)14-12-6-4-9-3-5-10(19-2)7-11(9)12/h3,5,7-8,12,14H,4,6H2,1-2H3,(H,15,16,17,18). The fraction of sp³-hybridized carbons (Fsp3) is 0.462. The van der Waals surface area contributed by atoms with Gasteiger partial charge in [-0.15, -0.1) is 10.2 Å². The van der Waals surface area contributed by atoms with Crippen LogP contribution in [-0.4, -0.2) is 27.7 Å². The van der Waals surface area contributed by atoms with Crippen molar-refractivity contribution in [3.63, 3.8) is 0 Å². The van der Waals surface area contributed by atoms with Crippen LogP contribution in [0.4, 0.5) is 0 Å². The van der Waals surface area contributed by atoms with E-state index in [2.05, 4.69) is 38.1 Å². The highest BCUT2D eigenvalue weighted by molar-refractivity contribution is 5.40. The molecule has 1 aliphatic carbocycles. The minimum atomic E-state index is 0.0703. The number of rotatable bonds is 4. The molecule has 100 valence electrons. The van der Waals surface area contributed by atoms with Crippen LogP contribution in [0.25, 0.3) is 0 Å². The van der Waals surface area contributed by atoms with Crippen molar-refractivity contribution in [1.29, 1.82) is 0 Å². The van der Waals surface area contributed by atoms with Crippen LogP contribution in [0.1, 0.15) is 42.4 Å². The van der Waals surface area contributed by atoms with Gasteiger partial charge >= 0.3 is 0 Å². The highest BCUT2D eigenvalue weighted by Crippen LogP contribution is 2.34. The van der Waals surface area contributed by atoms with Crippen molar-refractivity contribution in [2.45, 2.75) is 31.8 Å². The van der Waals surface area contributed by atoms with Gasteiger partial charge in [-0.3, -0.25) is 0 Å². The molecule has 0 amide bonds. The molecule has 2 aromatic rings. The van der Waals surface area contributed by atoms with Crippen molar-refractivity contribution in [3.05, 3.63) is 35.2 Å². The number of hydrogen-bond donors (Lipinski definition) is 2. The number of methoxy groups -OCH3 is 1. The normalized spacial score (nSPS) is 19.2. The van der Waals surface area contributed by atoms with E-state index in [-0.39, 0.29) is 6.04 Å². The van der Waals surface area contributed by atoms with E-state index in [0.717, 1.165) is 18.6 Å². The largest absolute Gasteiger partial charge is 0.497 e. The number of fused-ring (bicyclic) bond motifs is 1. The molecule has 0 spiro atoms. The molecule has 3 rings (SSSR count). The molecular weight excluding hydrogens is 242 g/mol. The second-order valence-corrected chi connectivity index (χ2v) is 4.81. The van der Waals surface area contributed by atoms with Gasteiger partial charge in [-0.2, -0.15) is 5.21 Å². The van der Waals surface area contributed by atoms with Crippen LogP contribution in [0, 0.1) is 0 Å². The third-order valence-electron chi connectivity index (χ3n) is 3.63. The van der Waals surface area contributed by atoms with Crippen LogP contribution >= 0.6 is 0 Å². The van der Waals surface area contributed by atoms with E-state index in [1.807, 2.05) is 13.0 Å². The summed E-state index contributed by atoms with van der Waals surface area (Å²) in [5.41, 5.74) is 2.70. The Hall–Kier alpha value is -1.95. The summed E-state index contributed by atoms with van der Waals surface area (Å²) in [5.74, 6) is 1.59. The fourth-order valence-corrected chi connectivity index (χ4v) is 2.61. The maximum atomic E-state index is 5.30. The van der Waals surface area contributed by atoms with E-state index in [0.29, 0.717) is 11.9 Å². The SMILES string of the molecule is COc1ccc2c(c1)C(NC(C)c1nn[nH]n1)CC2. The minimum absolute atomic E-state index is 0.0703. The van der Waals surface area contributed by atoms with Crippen molar-refractivity contribution in [2.24, 2.45) is 0 Å². The number of H-pyrrole nitrogens is 1. The molecule has 2 unspecified atom stereocenters. The zero-order valence-electron chi connectivity index (χ0n) is 11.1. The molecule has 0 aliphatic heterocycles. The third-order valence-corrected chi connectivity index (χ3v) is 3.63. The molecule has 0 radical (unpaired) electrons. The molecule has 2 N–H and O–H groups in total. The molecule has 0 fully saturated rings. The van der Waals surface area contributed by atoms with E-state index in [1.165, 1.54) is 11.1 Å². The van der Waals surface area contributed by atoms with Crippen molar-refractivity contribution in [1.82, 2.24) is 25.9 Å². The van der Waals surface area contributed by atoms with Gasteiger partial charge in [0.25, 0.3) is 0 Å². The molecule has 1 aliphatic rings. The van der Waals surface area contributed by atoms with E-state index in [4.69, 9.17) is 4.74 Å². The van der Waals surface area contributed by atoms with Crippen LogP contribution in [0.15, 0.2) is 18.2 Å². The molecule has 1 aromatic heterocycles. The van der Waals surface area contributed by atoms with Gasteiger partial charge in [0, 0.05) is 6.04 Å². The summed E-state index contributed by atoms with van der Waals surface area (Å²) in [6, 6.07) is 6.67. The number of aryl methyl sites for hydroxylation is 1. The zero-order chi connectivity index (χ0) is 13.2. The van der Waals surface area contributed by atoms with Crippen LogP contribution in [0.5, 0.6) is 5.75 Å². The van der Waals surface area contributed by atoms with Gasteiger partial charge < -0.3 is 10.1 Å². The Labute approximate surface area is 111 Å². The summed E-state index contributed by atoms with van der Waals surface area (Å²) in [5, 5.41) is 17.7. The molecule has 6 nitrogen and oxygen atoms in total. The van der Waals surface area contributed by atoms with Crippen molar-refractivity contribution in [3.8, 4) is 5.75 Å². The number of hydrogen-bond acceptors (Lipinski definition) is 5. The molecule has 19 heavy (non-hydrogen) atoms. The summed E-state index contributed by atoms with van der Waals surface area (Å²) < 4.78 is 5.30. The quantitative estimate of drug-likeness (QED) is 0.871. The van der Waals surface area contributed by atoms with E-state index in [9.17, 15) is 0 Å². The average molecular weight is 259 g/mol. The van der Waals surface area contributed by atoms with Crippen molar-refractivity contribution >= 4 is 0 Å². The summed E-state index contributed by atoms with van der Waals surface area (Å²) in [6.45, 7) is 2.04. The highest BCUT2D eigenvalue weighted by atomic mass is 16.5. The number of aromatic nitrogens is 4. The van der Waals surface area contributed by atoms with Crippen molar-refractivity contribution in [2.75, 3.05) is 7.11 Å². The van der Waals surface area contributed by atoms with Crippen LogP contribution in [0.3, 0.4) is 0 Å². The molecule has 0 bridgehead atoms. The molecule has 1 heterocycles. The molecule has 2 atom stereocenters. The Morgan fingerprint density at radius 1 is 1.47 bits per heavy atom. The van der Waals surface area contributed by atoms with Gasteiger partial charge in [-0.25, -0.2) is 0 Å². The lowest BCUT2D eigenvalue weighted by Gasteiger charge is -2.18. The summed E-state index contributed by atoms with van der Waals surface area (Å²) in [7, 11) is 1.70. The first kappa shape index (κ1) is 12.1. The maximum absolute atomic E-state index is 5.30. The fourth-order valence-electron chi connectivity index (χ4n) is 2.61. The Bertz CT molecular complexity index is 554. The first-order valence-electron chi connectivity index (χ1n) is 6.44. The van der Waals surface area contributed by atoms with Crippen LogP contribution in [0.2, 0.25) is 0 Å². The molecule has 6 heteroatoms. The molecule has 1 aromatic carbocycles. The lowest BCUT2D eigenvalue weighted by atomic mass is 10.1. The Balaban J connectivity index is 1.78. The number of tetrazole rings is 1. The topological polar surface area (TPSA) is 75.7 Å². The zero-order valence-corrected chi connectivity index (χ0v) is 11.1. The van der Waals surface area contributed by atoms with E-state index in [1.54, 1.807) is 7.11 Å². The highest BCUT2D eigenvalue weighted by Gasteiger charge is 2.25. The first-order valence-corrected chi connectivity index (χ1v) is 6.44. The van der Waals surface area contributed by atoms with E-state index >= 15 is 0 Å². The number of benzene rings is 1. The number of nitrogens with zero attached hydrogens (tertiary/aromatic N) is 3. The number of aromatic amines is 1. The smallest absolute Gasteiger partial charge is 0.191 e. The average Bonchev–Trinajstić information content (AvgIpc) is 3.08. The lowest BCUT2D eigenvalue weighted by Crippen LogP contribution is -2.24. The summed E-state index contributed by atoms with van der Waals surface area (Å²) in [4.78, 5) is 0. The first-order chi connectivity index (χ1) is 9.28. The predicted molar refractivity (Wildman–Crippen MR) is 69.8 cm³/mol. The van der Waals surface area contributed by atoms with Gasteiger partial charge in [0.05, 0.1) is 13.2 Å². The van der Waals surface area contributed by atoms with Crippen LogP contribution in [-0.2, 0) is 6.42 Å². The Morgan fingerprint density at radius 2 is 2.37 bits per heavy atom. The van der Waals surface area contributed by atoms with Gasteiger partial charge in [-0.1, -0.05) is 11.3 Å². The third kappa shape index (κ3) is 2.31. The Morgan fingerprint density at radius 3 is 3.11 bits per heavy atom. The van der Waals surface area contributed by atoms with Gasteiger partial charge in [0.15, 0.2) is 5.82 Å². The minimum Gasteiger partial charge on any atom is -0.497 e. The number of nitrogens with one attached hydrogen (secondary N) is 2. The summed E-state index contributed by atoms with van der Waals surface area (Å²) in [6.07, 6.45) is 2.18. The number of ether oxygens (including phenoxy) is 1. The van der Waals surface area contributed by atoms with E-state index < -0.39 is 0 Å². The van der Waals surface area contributed by atoms with Crippen LogP contribution < -0.4 is 10.1 Å². The molecule has 0 saturated heterocycles. The van der Waals surface area contributed by atoms with Gasteiger partial charge in [0.2, 0.25) is 0 Å². The van der Waals surface area contributed by atoms with Gasteiger partial charge in [0.1, 0.15) is 5.75 Å². The molecule has 0 saturated carbocycles. The second kappa shape index (κ2) is 4.97. The monoisotopic (exact) mass is 259 g/mol. The second-order valence-electron chi connectivity index (χ2n) is 4.81.